The summed E-state index contributed by atoms with van der Waals surface area (Å²) < 4.78 is 0. The lowest BCUT2D eigenvalue weighted by molar-refractivity contribution is 0.0948. The van der Waals surface area contributed by atoms with E-state index in [1.165, 1.54) is 0 Å². The van der Waals surface area contributed by atoms with Gasteiger partial charge in [-0.3, -0.25) is 9.78 Å². The third kappa shape index (κ3) is 4.31. The Hall–Kier alpha value is -2.36. The summed E-state index contributed by atoms with van der Waals surface area (Å²) in [6.07, 6.45) is 3.30. The summed E-state index contributed by atoms with van der Waals surface area (Å²) in [4.78, 5) is 16.2. The van der Waals surface area contributed by atoms with Crippen LogP contribution in [0.5, 0.6) is 0 Å². The molecule has 0 atom stereocenters. The van der Waals surface area contributed by atoms with Crippen LogP contribution in [-0.2, 0) is 0 Å². The van der Waals surface area contributed by atoms with Crippen molar-refractivity contribution in [3.05, 3.63) is 53.9 Å². The summed E-state index contributed by atoms with van der Waals surface area (Å²) in [5.74, 6) is 0.333. The smallest absolute Gasteiger partial charge is 0.252 e. The summed E-state index contributed by atoms with van der Waals surface area (Å²) >= 11 is 0. The molecule has 2 N–H and O–H groups in total. The normalized spacial score (nSPS) is 10.5. The van der Waals surface area contributed by atoms with Crippen molar-refractivity contribution in [3.63, 3.8) is 0 Å². The van der Waals surface area contributed by atoms with Crippen LogP contribution in [0.15, 0.2) is 42.7 Å². The number of amides is 1. The van der Waals surface area contributed by atoms with Crippen LogP contribution in [0.1, 0.15) is 29.8 Å². The third-order valence-electron chi connectivity index (χ3n) is 3.10. The number of anilines is 2. The number of hydrogen-bond acceptors (Lipinski definition) is 3. The summed E-state index contributed by atoms with van der Waals surface area (Å²) in [6, 6.07) is 9.82. The highest BCUT2D eigenvalue weighted by Gasteiger charge is 2.08. The van der Waals surface area contributed by atoms with Crippen LogP contribution in [-0.4, -0.2) is 17.4 Å². The number of nitrogens with zero attached hydrogens (tertiary/aromatic N) is 1. The van der Waals surface area contributed by atoms with Crippen molar-refractivity contribution < 1.29 is 4.79 Å². The zero-order chi connectivity index (χ0) is 15.2. The Labute approximate surface area is 125 Å². The maximum Gasteiger partial charge on any atom is 0.252 e. The molecule has 0 fully saturated rings. The van der Waals surface area contributed by atoms with E-state index in [2.05, 4.69) is 29.5 Å². The van der Waals surface area contributed by atoms with E-state index in [9.17, 15) is 4.79 Å². The fourth-order valence-corrected chi connectivity index (χ4v) is 1.90. The molecule has 2 aromatic rings. The molecule has 1 aromatic heterocycles. The molecule has 21 heavy (non-hydrogen) atoms. The van der Waals surface area contributed by atoms with Gasteiger partial charge in [-0.1, -0.05) is 32.0 Å². The van der Waals surface area contributed by atoms with Gasteiger partial charge in [-0.2, -0.15) is 0 Å². The molecule has 0 aliphatic heterocycles. The number of carbonyl (C=O) groups excluding carboxylic acids is 1. The van der Waals surface area contributed by atoms with Crippen molar-refractivity contribution in [3.8, 4) is 0 Å². The second kappa shape index (κ2) is 6.88. The third-order valence-corrected chi connectivity index (χ3v) is 3.10. The summed E-state index contributed by atoms with van der Waals surface area (Å²) in [5, 5.41) is 6.18. The van der Waals surface area contributed by atoms with E-state index >= 15 is 0 Å². The summed E-state index contributed by atoms with van der Waals surface area (Å²) in [5.41, 5.74) is 3.53. The van der Waals surface area contributed by atoms with Crippen molar-refractivity contribution in [1.82, 2.24) is 10.3 Å². The predicted molar refractivity (Wildman–Crippen MR) is 85.9 cm³/mol. The Bertz CT molecular complexity index is 623. The van der Waals surface area contributed by atoms with Crippen LogP contribution in [0.2, 0.25) is 0 Å². The molecule has 4 heteroatoms. The molecule has 1 heterocycles. The molecule has 0 aliphatic rings. The summed E-state index contributed by atoms with van der Waals surface area (Å²) in [7, 11) is 0. The Morgan fingerprint density at radius 3 is 2.71 bits per heavy atom. The van der Waals surface area contributed by atoms with E-state index in [1.54, 1.807) is 12.4 Å². The fourth-order valence-electron chi connectivity index (χ4n) is 1.90. The van der Waals surface area contributed by atoms with Gasteiger partial charge in [0, 0.05) is 18.4 Å². The maximum atomic E-state index is 12.0. The van der Waals surface area contributed by atoms with Crippen LogP contribution in [0.25, 0.3) is 0 Å². The molecule has 1 aromatic carbocycles. The summed E-state index contributed by atoms with van der Waals surface area (Å²) in [6.45, 7) is 6.83. The largest absolute Gasteiger partial charge is 0.354 e. The van der Waals surface area contributed by atoms with Gasteiger partial charge < -0.3 is 10.6 Å². The Morgan fingerprint density at radius 1 is 1.24 bits per heavy atom. The average molecular weight is 283 g/mol. The van der Waals surface area contributed by atoms with Gasteiger partial charge in [0.15, 0.2) is 0 Å². The van der Waals surface area contributed by atoms with Gasteiger partial charge in [0.2, 0.25) is 0 Å². The first-order valence-electron chi connectivity index (χ1n) is 7.12. The van der Waals surface area contributed by atoms with Crippen LogP contribution >= 0.6 is 0 Å². The molecule has 0 spiro atoms. The highest BCUT2D eigenvalue weighted by molar-refractivity contribution is 5.94. The highest BCUT2D eigenvalue weighted by Crippen LogP contribution is 2.20. The van der Waals surface area contributed by atoms with Crippen LogP contribution in [0.3, 0.4) is 0 Å². The molecule has 1 amide bonds. The number of hydrogen-bond donors (Lipinski definition) is 2. The average Bonchev–Trinajstić information content (AvgIpc) is 2.47. The topological polar surface area (TPSA) is 54.0 Å². The minimum absolute atomic E-state index is 0.0929. The van der Waals surface area contributed by atoms with E-state index < -0.39 is 0 Å². The number of para-hydroxylation sites is 1. The van der Waals surface area contributed by atoms with Gasteiger partial charge in [0.05, 0.1) is 17.4 Å². The van der Waals surface area contributed by atoms with Gasteiger partial charge >= 0.3 is 0 Å². The number of aromatic nitrogens is 1. The first-order chi connectivity index (χ1) is 10.1. The van der Waals surface area contributed by atoms with Gasteiger partial charge in [0.25, 0.3) is 5.91 Å². The lowest BCUT2D eigenvalue weighted by atomic mass is 10.2. The molecule has 0 saturated heterocycles. The molecule has 0 bridgehead atoms. The second-order valence-electron chi connectivity index (χ2n) is 5.51. The molecule has 2 rings (SSSR count). The molecule has 0 aliphatic carbocycles. The van der Waals surface area contributed by atoms with Crippen LogP contribution in [0.4, 0.5) is 11.4 Å². The second-order valence-corrected chi connectivity index (χ2v) is 5.51. The van der Waals surface area contributed by atoms with E-state index in [0.717, 1.165) is 16.9 Å². The molecular formula is C17H21N3O. The van der Waals surface area contributed by atoms with Gasteiger partial charge in [0.1, 0.15) is 0 Å². The zero-order valence-electron chi connectivity index (χ0n) is 12.7. The number of pyridine rings is 1. The fraction of sp³-hybridized carbons (Fsp3) is 0.294. The minimum Gasteiger partial charge on any atom is -0.354 e. The zero-order valence-corrected chi connectivity index (χ0v) is 12.7. The van der Waals surface area contributed by atoms with Gasteiger partial charge in [-0.25, -0.2) is 0 Å². The van der Waals surface area contributed by atoms with Crippen molar-refractivity contribution in [2.45, 2.75) is 20.8 Å². The van der Waals surface area contributed by atoms with Gasteiger partial charge in [-0.15, -0.1) is 0 Å². The van der Waals surface area contributed by atoms with Crippen molar-refractivity contribution in [1.29, 1.82) is 0 Å². The highest BCUT2D eigenvalue weighted by atomic mass is 16.1. The van der Waals surface area contributed by atoms with Gasteiger partial charge in [-0.05, 0) is 30.5 Å². The van der Waals surface area contributed by atoms with Crippen molar-refractivity contribution in [2.24, 2.45) is 5.92 Å². The lowest BCUT2D eigenvalue weighted by Crippen LogP contribution is -2.27. The lowest BCUT2D eigenvalue weighted by Gasteiger charge is -2.11. The molecule has 0 saturated carbocycles. The number of rotatable bonds is 5. The SMILES string of the molecule is Cc1ccccc1Nc1cncc(C(=O)NCC(C)C)c1. The number of aryl methyl sites for hydroxylation is 1. The van der Waals surface area contributed by atoms with Crippen LogP contribution < -0.4 is 10.6 Å². The number of benzene rings is 1. The Balaban J connectivity index is 2.11. The predicted octanol–water partition coefficient (Wildman–Crippen LogP) is 3.52. The van der Waals surface area contributed by atoms with Crippen LogP contribution in [0, 0.1) is 12.8 Å². The van der Waals surface area contributed by atoms with E-state index in [4.69, 9.17) is 0 Å². The standard InChI is InChI=1S/C17H21N3O/c1-12(2)9-19-17(21)14-8-15(11-18-10-14)20-16-7-5-4-6-13(16)3/h4-8,10-12,20H,9H2,1-3H3,(H,19,21). The maximum absolute atomic E-state index is 12.0. The first kappa shape index (κ1) is 15.0. The van der Waals surface area contributed by atoms with E-state index in [-0.39, 0.29) is 5.91 Å². The van der Waals surface area contributed by atoms with Crippen molar-refractivity contribution >= 4 is 17.3 Å². The molecule has 0 unspecified atom stereocenters. The Kier molecular flexibility index (Phi) is 4.93. The molecule has 110 valence electrons. The molecular weight excluding hydrogens is 262 g/mol. The van der Waals surface area contributed by atoms with E-state index in [1.807, 2.05) is 37.3 Å². The van der Waals surface area contributed by atoms with Crippen molar-refractivity contribution in [2.75, 3.05) is 11.9 Å². The number of carbonyl (C=O) groups is 1. The van der Waals surface area contributed by atoms with E-state index in [0.29, 0.717) is 18.0 Å². The first-order valence-corrected chi connectivity index (χ1v) is 7.12. The number of nitrogens with one attached hydrogen (secondary N) is 2. The molecule has 4 nitrogen and oxygen atoms in total. The minimum atomic E-state index is -0.0929. The quantitative estimate of drug-likeness (QED) is 0.882. The Morgan fingerprint density at radius 2 is 2.00 bits per heavy atom. The monoisotopic (exact) mass is 283 g/mol. The molecule has 0 radical (unpaired) electrons.